The third-order valence-electron chi connectivity index (χ3n) is 5.31. The van der Waals surface area contributed by atoms with Crippen LogP contribution in [0, 0.1) is 13.8 Å². The maximum Gasteiger partial charge on any atom is 0.272 e. The first-order valence-electron chi connectivity index (χ1n) is 8.84. The Labute approximate surface area is 163 Å². The number of amides is 1. The molecule has 1 fully saturated rings. The molecule has 0 atom stereocenters. The van der Waals surface area contributed by atoms with E-state index in [0.717, 1.165) is 11.1 Å². The summed E-state index contributed by atoms with van der Waals surface area (Å²) < 4.78 is 27.2. The van der Waals surface area contributed by atoms with Crippen molar-refractivity contribution in [2.45, 2.75) is 36.6 Å². The van der Waals surface area contributed by atoms with Gasteiger partial charge in [0.2, 0.25) is 0 Å². The summed E-state index contributed by atoms with van der Waals surface area (Å²) in [6.07, 6.45) is 0.940. The summed E-state index contributed by atoms with van der Waals surface area (Å²) in [6, 6.07) is 9.24. The van der Waals surface area contributed by atoms with Crippen LogP contribution in [0.2, 0.25) is 0 Å². The maximum absolute atomic E-state index is 12.7. The van der Waals surface area contributed by atoms with E-state index in [1.165, 1.54) is 21.2 Å². The molecule has 4 rings (SSSR count). The minimum absolute atomic E-state index is 0.187. The Balaban J connectivity index is 1.55. The fraction of sp³-hybridized carbons (Fsp3) is 0.368. The molecule has 8 heteroatoms. The molecule has 0 bridgehead atoms. The molecule has 1 aromatic carbocycles. The van der Waals surface area contributed by atoms with Crippen LogP contribution in [0.3, 0.4) is 0 Å². The van der Waals surface area contributed by atoms with Crippen LogP contribution in [0.15, 0.2) is 44.9 Å². The van der Waals surface area contributed by atoms with Gasteiger partial charge in [0.15, 0.2) is 0 Å². The molecule has 1 amide bonds. The fourth-order valence-electron chi connectivity index (χ4n) is 3.52. The van der Waals surface area contributed by atoms with Crippen molar-refractivity contribution in [2.24, 2.45) is 4.99 Å². The third kappa shape index (κ3) is 3.22. The molecular formula is C19H21N3O3S2. The van der Waals surface area contributed by atoms with Gasteiger partial charge in [-0.15, -0.1) is 11.3 Å². The third-order valence-corrected chi connectivity index (χ3v) is 8.58. The van der Waals surface area contributed by atoms with Crippen LogP contribution >= 0.6 is 11.3 Å². The highest BCUT2D eigenvalue weighted by atomic mass is 32.2. The Kier molecular flexibility index (Phi) is 4.44. The van der Waals surface area contributed by atoms with Crippen molar-refractivity contribution in [3.63, 3.8) is 0 Å². The van der Waals surface area contributed by atoms with E-state index in [1.54, 1.807) is 17.5 Å². The van der Waals surface area contributed by atoms with Crippen molar-refractivity contribution in [2.75, 3.05) is 13.1 Å². The number of carbonyl (C=O) groups excluding carboxylic acids is 1. The molecule has 1 aromatic heterocycles. The van der Waals surface area contributed by atoms with Crippen molar-refractivity contribution < 1.29 is 13.2 Å². The average Bonchev–Trinajstić information content (AvgIpc) is 3.27. The van der Waals surface area contributed by atoms with Crippen molar-refractivity contribution in [3.8, 4) is 0 Å². The Morgan fingerprint density at radius 3 is 2.52 bits per heavy atom. The molecule has 3 heterocycles. The van der Waals surface area contributed by atoms with Gasteiger partial charge in [0.1, 0.15) is 15.6 Å². The molecule has 0 radical (unpaired) electrons. The average molecular weight is 404 g/mol. The topological polar surface area (TPSA) is 78.8 Å². The summed E-state index contributed by atoms with van der Waals surface area (Å²) in [4.78, 5) is 17.3. The van der Waals surface area contributed by atoms with E-state index in [0.29, 0.717) is 35.9 Å². The number of thiophene rings is 1. The van der Waals surface area contributed by atoms with Crippen LogP contribution in [0.5, 0.6) is 0 Å². The number of sulfonamides is 1. The lowest BCUT2D eigenvalue weighted by atomic mass is 10.00. The highest BCUT2D eigenvalue weighted by Gasteiger charge is 2.44. The maximum atomic E-state index is 12.7. The van der Waals surface area contributed by atoms with Gasteiger partial charge in [0, 0.05) is 31.5 Å². The van der Waals surface area contributed by atoms with Crippen molar-refractivity contribution in [3.05, 3.63) is 52.4 Å². The molecule has 1 spiro atoms. The smallest absolute Gasteiger partial charge is 0.272 e. The Morgan fingerprint density at radius 1 is 1.15 bits per heavy atom. The molecule has 0 aliphatic carbocycles. The normalized spacial score (nSPS) is 19.9. The van der Waals surface area contributed by atoms with Crippen LogP contribution in [0.4, 0.5) is 0 Å². The van der Waals surface area contributed by atoms with Crippen molar-refractivity contribution in [1.29, 1.82) is 0 Å². The van der Waals surface area contributed by atoms with Gasteiger partial charge in [0.05, 0.1) is 0 Å². The van der Waals surface area contributed by atoms with Gasteiger partial charge in [0.25, 0.3) is 15.9 Å². The van der Waals surface area contributed by atoms with E-state index in [2.05, 4.69) is 5.32 Å². The molecule has 142 valence electrons. The number of carbonyl (C=O) groups is 1. The second-order valence-electron chi connectivity index (χ2n) is 7.08. The lowest BCUT2D eigenvalue weighted by molar-refractivity contribution is -0.115. The summed E-state index contributed by atoms with van der Waals surface area (Å²) in [5, 5.41) is 4.76. The van der Waals surface area contributed by atoms with Gasteiger partial charge in [-0.2, -0.15) is 4.31 Å². The van der Waals surface area contributed by atoms with E-state index in [-0.39, 0.29) is 5.91 Å². The summed E-state index contributed by atoms with van der Waals surface area (Å²) in [6.45, 7) is 4.71. The van der Waals surface area contributed by atoms with E-state index < -0.39 is 15.7 Å². The minimum atomic E-state index is -3.46. The number of piperidine rings is 1. The number of hydrogen-bond donors (Lipinski definition) is 1. The first kappa shape index (κ1) is 18.3. The molecule has 0 unspecified atom stereocenters. The highest BCUT2D eigenvalue weighted by molar-refractivity contribution is 7.91. The Morgan fingerprint density at radius 2 is 1.89 bits per heavy atom. The van der Waals surface area contributed by atoms with Crippen molar-refractivity contribution >= 4 is 33.0 Å². The lowest BCUT2D eigenvalue weighted by Crippen LogP contribution is -2.52. The number of nitrogens with one attached hydrogen (secondary N) is 1. The van der Waals surface area contributed by atoms with Gasteiger partial charge < -0.3 is 5.32 Å². The fourth-order valence-corrected chi connectivity index (χ4v) is 6.10. The number of nitrogens with zero attached hydrogens (tertiary/aromatic N) is 2. The van der Waals surface area contributed by atoms with Gasteiger partial charge in [-0.05, 0) is 42.5 Å². The van der Waals surface area contributed by atoms with Crippen LogP contribution in [0.1, 0.15) is 29.5 Å². The predicted molar refractivity (Wildman–Crippen MR) is 106 cm³/mol. The lowest BCUT2D eigenvalue weighted by Gasteiger charge is -2.36. The zero-order valence-corrected chi connectivity index (χ0v) is 16.9. The first-order chi connectivity index (χ1) is 12.8. The van der Waals surface area contributed by atoms with Gasteiger partial charge in [-0.25, -0.2) is 8.42 Å². The number of hydrogen-bond acceptors (Lipinski definition) is 5. The molecule has 0 saturated carbocycles. The molecule has 1 saturated heterocycles. The molecule has 2 aliphatic rings. The molecule has 2 aromatic rings. The van der Waals surface area contributed by atoms with E-state index in [4.69, 9.17) is 4.99 Å². The molecule has 6 nitrogen and oxygen atoms in total. The number of rotatable bonds is 3. The standard InChI is InChI=1S/C19H21N3O3S2/c1-13-5-6-15(12-14(13)2)17-18(23)21-19(20-17)7-9-22(10-8-19)27(24,25)16-4-3-11-26-16/h3-6,11-12H,7-10H2,1-2H3,(H,21,23). The van der Waals surface area contributed by atoms with Gasteiger partial charge >= 0.3 is 0 Å². The summed E-state index contributed by atoms with van der Waals surface area (Å²) in [5.41, 5.74) is 2.82. The van der Waals surface area contributed by atoms with Crippen LogP contribution in [-0.2, 0) is 14.8 Å². The van der Waals surface area contributed by atoms with Gasteiger partial charge in [-0.3, -0.25) is 9.79 Å². The molecule has 2 aliphatic heterocycles. The van der Waals surface area contributed by atoms with Crippen LogP contribution in [0.25, 0.3) is 0 Å². The van der Waals surface area contributed by atoms with E-state index in [1.807, 2.05) is 32.0 Å². The highest BCUT2D eigenvalue weighted by Crippen LogP contribution is 2.32. The number of aryl methyl sites for hydroxylation is 2. The van der Waals surface area contributed by atoms with Crippen LogP contribution in [-0.4, -0.2) is 43.1 Å². The number of benzene rings is 1. The molecule has 1 N–H and O–H groups in total. The van der Waals surface area contributed by atoms with E-state index >= 15 is 0 Å². The monoisotopic (exact) mass is 403 g/mol. The second kappa shape index (κ2) is 6.54. The summed E-state index contributed by atoms with van der Waals surface area (Å²) in [7, 11) is -3.46. The largest absolute Gasteiger partial charge is 0.326 e. The second-order valence-corrected chi connectivity index (χ2v) is 10.2. The van der Waals surface area contributed by atoms with E-state index in [9.17, 15) is 13.2 Å². The summed E-state index contributed by atoms with van der Waals surface area (Å²) in [5.74, 6) is -0.187. The SMILES string of the molecule is Cc1ccc(C2=NC3(CCN(S(=O)(=O)c4cccs4)CC3)NC2=O)cc1C. The minimum Gasteiger partial charge on any atom is -0.326 e. The number of aliphatic imine (C=N–C) groups is 1. The zero-order valence-electron chi connectivity index (χ0n) is 15.2. The van der Waals surface area contributed by atoms with Crippen molar-refractivity contribution in [1.82, 2.24) is 9.62 Å². The summed E-state index contributed by atoms with van der Waals surface area (Å²) >= 11 is 1.22. The van der Waals surface area contributed by atoms with Crippen LogP contribution < -0.4 is 5.32 Å². The van der Waals surface area contributed by atoms with Gasteiger partial charge in [-0.1, -0.05) is 18.2 Å². The first-order valence-corrected chi connectivity index (χ1v) is 11.2. The molecule has 27 heavy (non-hydrogen) atoms. The predicted octanol–water partition coefficient (Wildman–Crippen LogP) is 2.46. The molecular weight excluding hydrogens is 382 g/mol. The Hall–Kier alpha value is -2.03. The Bertz CT molecular complexity index is 1020. The quantitative estimate of drug-likeness (QED) is 0.855. The zero-order chi connectivity index (χ0) is 19.2.